The lowest BCUT2D eigenvalue weighted by atomic mass is 9.80. The van der Waals surface area contributed by atoms with Crippen LogP contribution >= 0.6 is 41.2 Å². The third-order valence-electron chi connectivity index (χ3n) is 7.51. The predicted octanol–water partition coefficient (Wildman–Crippen LogP) is 8.03. The fourth-order valence-corrected chi connectivity index (χ4v) is 22.7. The second-order valence-corrected chi connectivity index (χ2v) is 20.8. The minimum absolute atomic E-state index is 0.118. The molecular formula is C22H46O3S4Si. The average Bonchev–Trinajstić information content (AvgIpc) is 3.32. The van der Waals surface area contributed by atoms with Crippen molar-refractivity contribution in [3.05, 3.63) is 0 Å². The molecule has 0 spiro atoms. The zero-order chi connectivity index (χ0) is 22.3. The van der Waals surface area contributed by atoms with E-state index in [9.17, 15) is 0 Å². The largest absolute Gasteiger partial charge is 0.518 e. The Kier molecular flexibility index (Phi) is 11.3. The van der Waals surface area contributed by atoms with E-state index in [0.29, 0.717) is 19.8 Å². The smallest absolute Gasteiger partial charge is 0.373 e. The van der Waals surface area contributed by atoms with Gasteiger partial charge in [-0.15, -0.1) is 31.4 Å². The predicted molar refractivity (Wildman–Crippen MR) is 145 cm³/mol. The van der Waals surface area contributed by atoms with Gasteiger partial charge in [-0.05, 0) is 86.2 Å². The van der Waals surface area contributed by atoms with Crippen molar-refractivity contribution in [1.29, 1.82) is 0 Å². The average molecular weight is 515 g/mol. The topological polar surface area (TPSA) is 27.7 Å². The highest BCUT2D eigenvalue weighted by atomic mass is 33.7. The summed E-state index contributed by atoms with van der Waals surface area (Å²) in [4.78, 5) is 0. The lowest BCUT2D eigenvalue weighted by Crippen LogP contribution is -2.71. The van der Waals surface area contributed by atoms with Gasteiger partial charge in [0.05, 0.1) is 4.37 Å². The quantitative estimate of drug-likeness (QED) is 0.0943. The zero-order valence-electron chi connectivity index (χ0n) is 19.9. The molecule has 0 heterocycles. The fourth-order valence-electron chi connectivity index (χ4n) is 6.34. The molecule has 2 rings (SSSR count). The first-order valence-electron chi connectivity index (χ1n) is 12.2. The van der Waals surface area contributed by atoms with Crippen molar-refractivity contribution >= 4 is 50.0 Å². The van der Waals surface area contributed by atoms with Gasteiger partial charge in [-0.2, -0.15) is 0 Å². The molecule has 0 radical (unpaired) electrons. The van der Waals surface area contributed by atoms with Crippen LogP contribution in [0.2, 0.25) is 0 Å². The highest BCUT2D eigenvalue weighted by Gasteiger charge is 2.79. The van der Waals surface area contributed by atoms with Crippen molar-refractivity contribution in [1.82, 2.24) is 0 Å². The van der Waals surface area contributed by atoms with Gasteiger partial charge in [0.25, 0.3) is 0 Å². The molecule has 0 aliphatic heterocycles. The molecule has 0 N–H and O–H groups in total. The Hall–Kier alpha value is 1.50. The van der Waals surface area contributed by atoms with Crippen LogP contribution in [0, 0.1) is 11.3 Å². The first-order valence-corrected chi connectivity index (χ1v) is 19.1. The Labute approximate surface area is 202 Å². The van der Waals surface area contributed by atoms with Crippen LogP contribution in [-0.4, -0.2) is 38.7 Å². The van der Waals surface area contributed by atoms with Crippen molar-refractivity contribution < 1.29 is 13.3 Å². The van der Waals surface area contributed by atoms with Crippen molar-refractivity contribution in [2.45, 2.75) is 103 Å². The zero-order valence-corrected chi connectivity index (χ0v) is 24.3. The van der Waals surface area contributed by atoms with Crippen molar-refractivity contribution in [3.63, 3.8) is 0 Å². The summed E-state index contributed by atoms with van der Waals surface area (Å²) in [5.41, 5.74) is 0.208. The monoisotopic (exact) mass is 514 g/mol. The van der Waals surface area contributed by atoms with E-state index in [1.807, 2.05) is 0 Å². The standard InChI is InChI=1S/C22H46O3S4Si/c1-6-11-12-13-14-17-29(27,28-26)22(19-20-15-16-21(22,7-2)18-20)30(23-8-3,24-9-4)25-10-5/h20,26-27H,6-19H2,1-5H3. The molecule has 2 aliphatic rings. The van der Waals surface area contributed by atoms with Gasteiger partial charge in [0, 0.05) is 19.8 Å². The van der Waals surface area contributed by atoms with Crippen LogP contribution in [0.3, 0.4) is 0 Å². The van der Waals surface area contributed by atoms with Crippen LogP contribution < -0.4 is 0 Å². The van der Waals surface area contributed by atoms with E-state index in [4.69, 9.17) is 36.6 Å². The Bertz CT molecular complexity index is 512. The molecule has 30 heavy (non-hydrogen) atoms. The lowest BCUT2D eigenvalue weighted by molar-refractivity contribution is 0.0347. The molecule has 0 aromatic heterocycles. The Balaban J connectivity index is 2.55. The van der Waals surface area contributed by atoms with Gasteiger partial charge < -0.3 is 13.3 Å². The van der Waals surface area contributed by atoms with E-state index >= 15 is 0 Å². The molecular weight excluding hydrogens is 469 g/mol. The molecule has 8 heteroatoms. The van der Waals surface area contributed by atoms with Crippen LogP contribution in [0.1, 0.15) is 98.8 Å². The third kappa shape index (κ3) is 4.82. The van der Waals surface area contributed by atoms with E-state index in [0.717, 1.165) is 24.5 Å². The molecule has 2 fully saturated rings. The van der Waals surface area contributed by atoms with E-state index in [1.54, 1.807) is 9.83 Å². The van der Waals surface area contributed by atoms with Gasteiger partial charge in [0.15, 0.2) is 0 Å². The maximum absolute atomic E-state index is 6.69. The van der Waals surface area contributed by atoms with E-state index in [2.05, 4.69) is 34.6 Å². The summed E-state index contributed by atoms with van der Waals surface area (Å²) in [5.74, 6) is 1.86. The number of unbranched alkanes of at least 4 members (excludes halogenated alkanes) is 4. The lowest BCUT2D eigenvalue weighted by Gasteiger charge is -2.62. The first-order chi connectivity index (χ1) is 14.4. The normalized spacial score (nSPS) is 31.8. The minimum Gasteiger partial charge on any atom is -0.373 e. The Morgan fingerprint density at radius 1 is 0.933 bits per heavy atom. The van der Waals surface area contributed by atoms with E-state index in [-0.39, 0.29) is 9.79 Å². The number of hydrogen-bond donors (Lipinski definition) is 2. The van der Waals surface area contributed by atoms with Crippen molar-refractivity contribution in [2.75, 3.05) is 25.6 Å². The summed E-state index contributed by atoms with van der Waals surface area (Å²) in [5, 5.41) is 0. The van der Waals surface area contributed by atoms with Crippen LogP contribution in [0.5, 0.6) is 0 Å². The number of fused-ring (bicyclic) bond motifs is 2. The van der Waals surface area contributed by atoms with Gasteiger partial charge in [-0.3, -0.25) is 0 Å². The molecule has 2 saturated carbocycles. The maximum Gasteiger partial charge on any atom is 0.518 e. The second-order valence-electron chi connectivity index (χ2n) is 8.96. The molecule has 4 atom stereocenters. The Morgan fingerprint density at radius 3 is 2.00 bits per heavy atom. The molecule has 0 amide bonds. The maximum atomic E-state index is 6.69. The van der Waals surface area contributed by atoms with Gasteiger partial charge >= 0.3 is 8.80 Å². The van der Waals surface area contributed by atoms with Crippen LogP contribution in [0.4, 0.5) is 0 Å². The number of rotatable bonds is 16. The van der Waals surface area contributed by atoms with Gasteiger partial charge in [0.1, 0.15) is 0 Å². The van der Waals surface area contributed by atoms with Crippen molar-refractivity contribution in [2.24, 2.45) is 11.3 Å². The fraction of sp³-hybridized carbons (Fsp3) is 1.00. The van der Waals surface area contributed by atoms with E-state index in [1.165, 1.54) is 51.4 Å². The summed E-state index contributed by atoms with van der Waals surface area (Å²) in [6.45, 7) is 12.8. The van der Waals surface area contributed by atoms with Crippen LogP contribution in [0.15, 0.2) is 0 Å². The highest BCUT2D eigenvalue weighted by molar-refractivity contribution is 9.34. The van der Waals surface area contributed by atoms with Gasteiger partial charge in [0.2, 0.25) is 0 Å². The molecule has 0 aromatic carbocycles. The summed E-state index contributed by atoms with van der Waals surface area (Å²) in [7, 11) is -2.74. The molecule has 4 unspecified atom stereocenters. The molecule has 180 valence electrons. The summed E-state index contributed by atoms with van der Waals surface area (Å²) < 4.78 is 19.9. The van der Waals surface area contributed by atoms with Gasteiger partial charge in [-0.1, -0.05) is 39.5 Å². The Morgan fingerprint density at radius 2 is 1.53 bits per heavy atom. The highest BCUT2D eigenvalue weighted by Crippen LogP contribution is 2.86. The van der Waals surface area contributed by atoms with Gasteiger partial charge in [-0.25, -0.2) is 0 Å². The SMILES string of the molecule is CCCCCCCS(S)(SS)C1([Si](OCC)(OCC)OCC)CC2CCC1(CC)C2. The molecule has 2 bridgehead atoms. The summed E-state index contributed by atoms with van der Waals surface area (Å²) >= 11 is 10.5. The molecule has 3 nitrogen and oxygen atoms in total. The third-order valence-corrected chi connectivity index (χ3v) is 24.4. The van der Waals surface area contributed by atoms with Crippen molar-refractivity contribution in [3.8, 4) is 0 Å². The van der Waals surface area contributed by atoms with Crippen LogP contribution in [-0.2, 0) is 13.3 Å². The minimum atomic E-state index is -3.00. The van der Waals surface area contributed by atoms with E-state index < -0.39 is 16.9 Å². The second kappa shape index (κ2) is 12.3. The molecule has 0 aromatic rings. The number of hydrogen-bond acceptors (Lipinski definition) is 6. The molecule has 0 saturated heterocycles. The summed E-state index contributed by atoms with van der Waals surface area (Å²) in [6, 6.07) is 0. The number of thiol groups is 2. The first kappa shape index (κ1) is 27.7. The summed E-state index contributed by atoms with van der Waals surface area (Å²) in [6.07, 6.45) is 12.6. The van der Waals surface area contributed by atoms with Crippen LogP contribution in [0.25, 0.3) is 0 Å². The molecule has 2 aliphatic carbocycles.